The minimum absolute atomic E-state index is 0.250. The highest BCUT2D eigenvalue weighted by atomic mass is 35.5. The number of aliphatic hydroxyl groups is 1. The number of aliphatic hydroxyl groups excluding tert-OH is 1. The highest BCUT2D eigenvalue weighted by molar-refractivity contribution is 7.89. The summed E-state index contributed by atoms with van der Waals surface area (Å²) in [6, 6.07) is 3.18. The summed E-state index contributed by atoms with van der Waals surface area (Å²) in [6.07, 6.45) is -0.818. The van der Waals surface area contributed by atoms with Gasteiger partial charge in [-0.1, -0.05) is 17.7 Å². The van der Waals surface area contributed by atoms with E-state index in [0.29, 0.717) is 13.1 Å². The number of benzene rings is 1. The number of hydrogen-bond acceptors (Lipinski definition) is 4. The van der Waals surface area contributed by atoms with E-state index in [1.54, 1.807) is 0 Å². The van der Waals surface area contributed by atoms with Gasteiger partial charge >= 0.3 is 0 Å². The number of halogens is 2. The molecule has 5 nitrogen and oxygen atoms in total. The summed E-state index contributed by atoms with van der Waals surface area (Å²) in [7, 11) is -2.72. The maximum atomic E-state index is 13.8. The second-order valence-corrected chi connectivity index (χ2v) is 6.74. The van der Waals surface area contributed by atoms with Gasteiger partial charge in [0.15, 0.2) is 5.82 Å². The Balaban J connectivity index is 2.39. The van der Waals surface area contributed by atoms with Gasteiger partial charge in [-0.3, -0.25) is 0 Å². The van der Waals surface area contributed by atoms with Crippen molar-refractivity contribution in [2.45, 2.75) is 17.0 Å². The number of likely N-dealkylation sites (N-methyl/N-ethyl adjacent to an activating group) is 1. The Morgan fingerprint density at radius 3 is 2.74 bits per heavy atom. The van der Waals surface area contributed by atoms with Crippen LogP contribution in [0.5, 0.6) is 0 Å². The van der Waals surface area contributed by atoms with Crippen LogP contribution in [0.15, 0.2) is 23.1 Å². The van der Waals surface area contributed by atoms with Crippen LogP contribution in [0.3, 0.4) is 0 Å². The molecule has 1 aromatic carbocycles. The summed E-state index contributed by atoms with van der Waals surface area (Å²) >= 11 is 5.59. The van der Waals surface area contributed by atoms with E-state index in [9.17, 15) is 17.9 Å². The second kappa shape index (κ2) is 5.34. The Hall–Kier alpha value is -0.730. The van der Waals surface area contributed by atoms with E-state index in [1.165, 1.54) is 19.2 Å². The number of nitrogens with zero attached hydrogens (tertiary/aromatic N) is 1. The molecule has 0 unspecified atom stereocenters. The molecule has 2 atom stereocenters. The van der Waals surface area contributed by atoms with Crippen molar-refractivity contribution in [2.24, 2.45) is 0 Å². The van der Waals surface area contributed by atoms with Crippen molar-refractivity contribution in [3.05, 3.63) is 29.0 Å². The first-order chi connectivity index (χ1) is 8.85. The molecule has 1 fully saturated rings. The van der Waals surface area contributed by atoms with Crippen molar-refractivity contribution in [3.8, 4) is 0 Å². The van der Waals surface area contributed by atoms with Gasteiger partial charge in [0, 0.05) is 20.1 Å². The number of β-amino-alcohol motifs (C(OH)–C–C–N with tert-alkyl or cyclic N) is 1. The average molecular weight is 309 g/mol. The van der Waals surface area contributed by atoms with E-state index in [-0.39, 0.29) is 5.02 Å². The van der Waals surface area contributed by atoms with Gasteiger partial charge in [0.05, 0.1) is 17.2 Å². The van der Waals surface area contributed by atoms with E-state index < -0.39 is 32.9 Å². The van der Waals surface area contributed by atoms with Crippen LogP contribution < -0.4 is 5.32 Å². The molecule has 1 aliphatic rings. The summed E-state index contributed by atoms with van der Waals surface area (Å²) < 4.78 is 39.5. The summed E-state index contributed by atoms with van der Waals surface area (Å²) in [6.45, 7) is 0.627. The van der Waals surface area contributed by atoms with Gasteiger partial charge in [0.2, 0.25) is 10.0 Å². The molecule has 19 heavy (non-hydrogen) atoms. The first kappa shape index (κ1) is 14.7. The fraction of sp³-hybridized carbons (Fsp3) is 0.455. The highest BCUT2D eigenvalue weighted by Crippen LogP contribution is 2.26. The second-order valence-electron chi connectivity index (χ2n) is 4.37. The molecule has 0 aliphatic carbocycles. The molecule has 0 bridgehead atoms. The van der Waals surface area contributed by atoms with Gasteiger partial charge in [-0.15, -0.1) is 0 Å². The van der Waals surface area contributed by atoms with Crippen LogP contribution in [0.2, 0.25) is 5.02 Å². The minimum atomic E-state index is -4.03. The highest BCUT2D eigenvalue weighted by Gasteiger charge is 2.37. The lowest BCUT2D eigenvalue weighted by Crippen LogP contribution is -2.44. The molecule has 0 amide bonds. The normalized spacial score (nSPS) is 24.1. The van der Waals surface area contributed by atoms with Crippen LogP contribution in [-0.4, -0.2) is 50.1 Å². The Bertz CT molecular complexity index is 581. The number of sulfonamides is 1. The predicted molar refractivity (Wildman–Crippen MR) is 69.0 cm³/mol. The van der Waals surface area contributed by atoms with Crippen molar-refractivity contribution in [2.75, 3.05) is 20.1 Å². The molecule has 0 saturated carbocycles. The fourth-order valence-corrected chi connectivity index (χ4v) is 3.74. The van der Waals surface area contributed by atoms with Gasteiger partial charge in [0.25, 0.3) is 0 Å². The largest absolute Gasteiger partial charge is 0.390 e. The summed E-state index contributed by atoms with van der Waals surface area (Å²) in [5.74, 6) is -0.975. The van der Waals surface area contributed by atoms with Crippen LogP contribution in [-0.2, 0) is 10.0 Å². The molecule has 106 valence electrons. The predicted octanol–water partition coefficient (Wildman–Crippen LogP) is 0.432. The standard InChI is InChI=1S/C11H14ClFN2O3S/c1-15(8-5-14-6-9(8)16)19(17,18)10-4-2-3-7(12)11(10)13/h2-4,8-9,14,16H,5-6H2,1H3/t8-,9-/m0/s1. The third-order valence-electron chi connectivity index (χ3n) is 3.19. The van der Waals surface area contributed by atoms with Crippen LogP contribution in [0.25, 0.3) is 0 Å². The number of rotatable bonds is 3. The third-order valence-corrected chi connectivity index (χ3v) is 5.38. The van der Waals surface area contributed by atoms with Gasteiger partial charge in [0.1, 0.15) is 4.90 Å². The summed E-state index contributed by atoms with van der Waals surface area (Å²) in [5.41, 5.74) is 0. The number of nitrogens with one attached hydrogen (secondary N) is 1. The topological polar surface area (TPSA) is 69.6 Å². The average Bonchev–Trinajstić information content (AvgIpc) is 2.77. The molecule has 2 rings (SSSR count). The third kappa shape index (κ3) is 2.61. The number of hydrogen-bond donors (Lipinski definition) is 2. The summed E-state index contributed by atoms with van der Waals surface area (Å²) in [5, 5.41) is 12.3. The Labute approximate surface area is 116 Å². The Morgan fingerprint density at radius 2 is 2.16 bits per heavy atom. The SMILES string of the molecule is CN([C@H]1CNC[C@@H]1O)S(=O)(=O)c1cccc(Cl)c1F. The van der Waals surface area contributed by atoms with E-state index in [0.717, 1.165) is 10.4 Å². The maximum absolute atomic E-state index is 13.8. The molecule has 1 saturated heterocycles. The monoisotopic (exact) mass is 308 g/mol. The van der Waals surface area contributed by atoms with E-state index in [2.05, 4.69) is 5.32 Å². The van der Waals surface area contributed by atoms with Gasteiger partial charge in [-0.2, -0.15) is 4.31 Å². The lowest BCUT2D eigenvalue weighted by atomic mass is 10.2. The smallest absolute Gasteiger partial charge is 0.246 e. The molecule has 0 radical (unpaired) electrons. The van der Waals surface area contributed by atoms with Crippen LogP contribution in [0, 0.1) is 5.82 Å². The Morgan fingerprint density at radius 1 is 1.47 bits per heavy atom. The van der Waals surface area contributed by atoms with E-state index >= 15 is 0 Å². The molecule has 1 heterocycles. The molecule has 0 spiro atoms. The van der Waals surface area contributed by atoms with Crippen molar-refractivity contribution in [3.63, 3.8) is 0 Å². The zero-order chi connectivity index (χ0) is 14.2. The molecular formula is C11H14ClFN2O3S. The van der Waals surface area contributed by atoms with Gasteiger partial charge in [-0.25, -0.2) is 12.8 Å². The summed E-state index contributed by atoms with van der Waals surface area (Å²) in [4.78, 5) is -0.485. The van der Waals surface area contributed by atoms with Crippen molar-refractivity contribution in [1.29, 1.82) is 0 Å². The molecule has 1 aromatic rings. The molecule has 0 aromatic heterocycles. The quantitative estimate of drug-likeness (QED) is 0.850. The first-order valence-electron chi connectivity index (χ1n) is 5.66. The van der Waals surface area contributed by atoms with E-state index in [4.69, 9.17) is 11.6 Å². The molecule has 8 heteroatoms. The molecular weight excluding hydrogens is 295 g/mol. The zero-order valence-corrected chi connectivity index (χ0v) is 11.7. The molecule has 1 aliphatic heterocycles. The minimum Gasteiger partial charge on any atom is -0.390 e. The lowest BCUT2D eigenvalue weighted by molar-refractivity contribution is 0.136. The van der Waals surface area contributed by atoms with E-state index in [1.807, 2.05) is 0 Å². The Kier molecular flexibility index (Phi) is 4.12. The van der Waals surface area contributed by atoms with Gasteiger partial charge < -0.3 is 10.4 Å². The van der Waals surface area contributed by atoms with Crippen LogP contribution in [0.4, 0.5) is 4.39 Å². The maximum Gasteiger partial charge on any atom is 0.246 e. The van der Waals surface area contributed by atoms with Crippen LogP contribution >= 0.6 is 11.6 Å². The fourth-order valence-electron chi connectivity index (χ4n) is 2.04. The van der Waals surface area contributed by atoms with Crippen molar-refractivity contribution < 1.29 is 17.9 Å². The van der Waals surface area contributed by atoms with Gasteiger partial charge in [-0.05, 0) is 12.1 Å². The lowest BCUT2D eigenvalue weighted by Gasteiger charge is -2.25. The van der Waals surface area contributed by atoms with Crippen molar-refractivity contribution >= 4 is 21.6 Å². The zero-order valence-electron chi connectivity index (χ0n) is 10.2. The van der Waals surface area contributed by atoms with Crippen LogP contribution in [0.1, 0.15) is 0 Å². The molecule has 2 N–H and O–H groups in total. The van der Waals surface area contributed by atoms with Crippen molar-refractivity contribution in [1.82, 2.24) is 9.62 Å². The first-order valence-corrected chi connectivity index (χ1v) is 7.48.